The minimum Gasteiger partial charge on any atom is -0.496 e. The molecule has 0 heterocycles. The Morgan fingerprint density at radius 2 is 2.00 bits per heavy atom. The van der Waals surface area contributed by atoms with Crippen LogP contribution in [0.25, 0.3) is 0 Å². The van der Waals surface area contributed by atoms with E-state index in [9.17, 15) is 4.79 Å². The van der Waals surface area contributed by atoms with Crippen molar-refractivity contribution < 1.29 is 14.3 Å². The predicted octanol–water partition coefficient (Wildman–Crippen LogP) is 1.73. The highest BCUT2D eigenvalue weighted by Gasteiger charge is 2.11. The zero-order valence-electron chi connectivity index (χ0n) is 9.39. The van der Waals surface area contributed by atoms with Crippen molar-refractivity contribution in [3.05, 3.63) is 23.8 Å². The van der Waals surface area contributed by atoms with E-state index in [0.717, 1.165) is 0 Å². The molecule has 0 atom stereocenters. The quantitative estimate of drug-likeness (QED) is 0.593. The van der Waals surface area contributed by atoms with Gasteiger partial charge in [-0.25, -0.2) is 0 Å². The fourth-order valence-corrected chi connectivity index (χ4v) is 1.18. The first kappa shape index (κ1) is 12.4. The number of carbonyl (C=O) groups is 1. The lowest BCUT2D eigenvalue weighted by Gasteiger charge is -2.16. The Morgan fingerprint density at radius 1 is 1.38 bits per heavy atom. The molecular formula is C11H13NO3S. The number of benzene rings is 1. The second kappa shape index (κ2) is 5.46. The lowest BCUT2D eigenvalue weighted by molar-refractivity contribution is 0.111. The number of aldehydes is 1. The summed E-state index contributed by atoms with van der Waals surface area (Å²) in [5, 5.41) is 0.288. The summed E-state index contributed by atoms with van der Waals surface area (Å²) in [4.78, 5) is 12.6. The summed E-state index contributed by atoms with van der Waals surface area (Å²) in [5.74, 6) is 0.863. The average Bonchev–Trinajstić information content (AvgIpc) is 2.28. The van der Waals surface area contributed by atoms with Gasteiger partial charge in [0.2, 0.25) is 0 Å². The Morgan fingerprint density at radius 3 is 2.50 bits per heavy atom. The van der Waals surface area contributed by atoms with Gasteiger partial charge in [-0.3, -0.25) is 4.79 Å². The highest BCUT2D eigenvalue weighted by atomic mass is 32.1. The predicted molar refractivity (Wildman–Crippen MR) is 65.3 cm³/mol. The van der Waals surface area contributed by atoms with Crippen LogP contribution in [0, 0.1) is 0 Å². The molecule has 16 heavy (non-hydrogen) atoms. The fourth-order valence-electron chi connectivity index (χ4n) is 1.09. The van der Waals surface area contributed by atoms with Crippen molar-refractivity contribution in [2.75, 3.05) is 21.2 Å². The molecule has 0 spiro atoms. The lowest BCUT2D eigenvalue weighted by Crippen LogP contribution is -2.25. The number of nitrogens with zero attached hydrogens (tertiary/aromatic N) is 1. The van der Waals surface area contributed by atoms with Gasteiger partial charge < -0.3 is 14.4 Å². The van der Waals surface area contributed by atoms with Crippen LogP contribution in [0.15, 0.2) is 18.2 Å². The summed E-state index contributed by atoms with van der Waals surface area (Å²) < 4.78 is 10.4. The number of thiocarbonyl (C=S) groups is 1. The minimum absolute atomic E-state index is 0.288. The van der Waals surface area contributed by atoms with E-state index >= 15 is 0 Å². The van der Waals surface area contributed by atoms with Crippen molar-refractivity contribution in [1.82, 2.24) is 4.90 Å². The van der Waals surface area contributed by atoms with E-state index in [0.29, 0.717) is 23.3 Å². The molecule has 0 aliphatic heterocycles. The van der Waals surface area contributed by atoms with E-state index < -0.39 is 0 Å². The van der Waals surface area contributed by atoms with Gasteiger partial charge in [0.05, 0.1) is 12.7 Å². The third-order valence-electron chi connectivity index (χ3n) is 1.93. The first-order valence-corrected chi connectivity index (χ1v) is 5.02. The molecule has 0 aliphatic carbocycles. The highest BCUT2D eigenvalue weighted by molar-refractivity contribution is 7.80. The molecule has 0 amide bonds. The second-order valence-corrected chi connectivity index (χ2v) is 3.60. The third-order valence-corrected chi connectivity index (χ3v) is 2.37. The molecule has 0 aromatic heterocycles. The van der Waals surface area contributed by atoms with Gasteiger partial charge in [-0.2, -0.15) is 0 Å². The van der Waals surface area contributed by atoms with Gasteiger partial charge in [0.25, 0.3) is 5.17 Å². The van der Waals surface area contributed by atoms with Gasteiger partial charge in [-0.05, 0) is 24.4 Å². The van der Waals surface area contributed by atoms with Crippen molar-refractivity contribution >= 4 is 23.7 Å². The second-order valence-electron chi connectivity index (χ2n) is 3.25. The van der Waals surface area contributed by atoms with Crippen molar-refractivity contribution in [2.45, 2.75) is 0 Å². The highest BCUT2D eigenvalue weighted by Crippen LogP contribution is 2.26. The lowest BCUT2D eigenvalue weighted by atomic mass is 10.2. The zero-order chi connectivity index (χ0) is 12.1. The average molecular weight is 239 g/mol. The van der Waals surface area contributed by atoms with Crippen molar-refractivity contribution in [3.8, 4) is 11.5 Å². The Labute approximate surface area is 99.8 Å². The molecule has 1 aromatic rings. The van der Waals surface area contributed by atoms with Crippen molar-refractivity contribution in [1.29, 1.82) is 0 Å². The molecule has 0 N–H and O–H groups in total. The van der Waals surface area contributed by atoms with E-state index in [2.05, 4.69) is 0 Å². The molecule has 1 rings (SSSR count). The number of hydrogen-bond donors (Lipinski definition) is 0. The van der Waals surface area contributed by atoms with Crippen molar-refractivity contribution in [3.63, 3.8) is 0 Å². The van der Waals surface area contributed by atoms with Crippen molar-refractivity contribution in [2.24, 2.45) is 0 Å². The molecule has 5 heteroatoms. The number of rotatable bonds is 3. The number of hydrogen-bond acceptors (Lipinski definition) is 4. The summed E-state index contributed by atoms with van der Waals surface area (Å²) in [6.07, 6.45) is 0.687. The van der Waals surface area contributed by atoms with E-state index in [1.807, 2.05) is 0 Å². The van der Waals surface area contributed by atoms with E-state index in [-0.39, 0.29) is 5.17 Å². The third kappa shape index (κ3) is 2.70. The first-order valence-electron chi connectivity index (χ1n) is 4.61. The summed E-state index contributed by atoms with van der Waals surface area (Å²) >= 11 is 4.99. The SMILES string of the molecule is COc1cccc(OC(=S)N(C)C)c1C=O. The van der Waals surface area contributed by atoms with Gasteiger partial charge in [-0.15, -0.1) is 0 Å². The van der Waals surface area contributed by atoms with Crippen LogP contribution in [0.4, 0.5) is 0 Å². The maximum Gasteiger partial charge on any atom is 0.264 e. The van der Waals surface area contributed by atoms with E-state index in [1.165, 1.54) is 7.11 Å². The van der Waals surface area contributed by atoms with Crippen LogP contribution in [-0.2, 0) is 0 Å². The Balaban J connectivity index is 3.04. The Kier molecular flexibility index (Phi) is 4.25. The van der Waals surface area contributed by atoms with Gasteiger partial charge in [0.15, 0.2) is 6.29 Å². The Bertz CT molecular complexity index is 404. The molecular weight excluding hydrogens is 226 g/mol. The van der Waals surface area contributed by atoms with Crippen LogP contribution in [0.5, 0.6) is 11.5 Å². The maximum absolute atomic E-state index is 10.9. The van der Waals surface area contributed by atoms with Gasteiger partial charge in [-0.1, -0.05) is 6.07 Å². The molecule has 0 saturated carbocycles. The molecule has 0 unspecified atom stereocenters. The first-order chi connectivity index (χ1) is 7.60. The monoisotopic (exact) mass is 239 g/mol. The molecule has 0 saturated heterocycles. The largest absolute Gasteiger partial charge is 0.496 e. The standard InChI is InChI=1S/C11H13NO3S/c1-12(2)11(16)15-10-6-4-5-9(14-3)8(10)7-13/h4-7H,1-3H3. The molecule has 0 fully saturated rings. The van der Waals surface area contributed by atoms with Crippen LogP contribution >= 0.6 is 12.2 Å². The Hall–Kier alpha value is -1.62. The number of carbonyl (C=O) groups excluding carboxylic acids is 1. The van der Waals surface area contributed by atoms with Gasteiger partial charge in [0, 0.05) is 14.1 Å². The van der Waals surface area contributed by atoms with E-state index in [4.69, 9.17) is 21.7 Å². The number of ether oxygens (including phenoxy) is 2. The molecule has 0 bridgehead atoms. The molecule has 86 valence electrons. The van der Waals surface area contributed by atoms with E-state index in [1.54, 1.807) is 37.2 Å². The fraction of sp³-hybridized carbons (Fsp3) is 0.273. The minimum atomic E-state index is 0.288. The zero-order valence-corrected chi connectivity index (χ0v) is 10.2. The van der Waals surface area contributed by atoms with Crippen LogP contribution in [0.2, 0.25) is 0 Å². The normalized spacial score (nSPS) is 9.44. The summed E-state index contributed by atoms with van der Waals surface area (Å²) in [5.41, 5.74) is 0.356. The van der Waals surface area contributed by atoms with Crippen LogP contribution in [-0.4, -0.2) is 37.6 Å². The molecule has 4 nitrogen and oxygen atoms in total. The smallest absolute Gasteiger partial charge is 0.264 e. The molecule has 0 aliphatic rings. The topological polar surface area (TPSA) is 38.8 Å². The molecule has 0 radical (unpaired) electrons. The van der Waals surface area contributed by atoms with Crippen LogP contribution in [0.3, 0.4) is 0 Å². The summed E-state index contributed by atoms with van der Waals surface area (Å²) in [6.45, 7) is 0. The van der Waals surface area contributed by atoms with Gasteiger partial charge >= 0.3 is 0 Å². The van der Waals surface area contributed by atoms with Crippen LogP contribution < -0.4 is 9.47 Å². The van der Waals surface area contributed by atoms with Gasteiger partial charge in [0.1, 0.15) is 11.5 Å². The maximum atomic E-state index is 10.9. The number of methoxy groups -OCH3 is 1. The summed E-state index contributed by atoms with van der Waals surface area (Å²) in [6, 6.07) is 5.09. The molecule has 1 aromatic carbocycles. The van der Waals surface area contributed by atoms with Crippen LogP contribution in [0.1, 0.15) is 10.4 Å². The summed E-state index contributed by atoms with van der Waals surface area (Å²) in [7, 11) is 5.03.